The van der Waals surface area contributed by atoms with Crippen molar-refractivity contribution in [3.63, 3.8) is 0 Å². The van der Waals surface area contributed by atoms with Crippen LogP contribution in [-0.4, -0.2) is 64.1 Å². The molecule has 0 fully saturated rings. The fourth-order valence-corrected chi connectivity index (χ4v) is 4.61. The summed E-state index contributed by atoms with van der Waals surface area (Å²) in [4.78, 5) is 37.3. The van der Waals surface area contributed by atoms with Crippen LogP contribution in [-0.2, 0) is 17.9 Å². The molecule has 226 valence electrons. The lowest BCUT2D eigenvalue weighted by atomic mass is 10.2. The number of nitrogens with zero attached hydrogens (tertiary/aromatic N) is 5. The Morgan fingerprint density at radius 1 is 1.25 bits per heavy atom. The molecule has 0 spiro atoms. The molecule has 0 aliphatic carbocycles. The highest BCUT2D eigenvalue weighted by Crippen LogP contribution is 2.37. The summed E-state index contributed by atoms with van der Waals surface area (Å²) in [5, 5.41) is 16.3. The van der Waals surface area contributed by atoms with E-state index in [4.69, 9.17) is 25.6 Å². The molecule has 4 aromatic rings. The normalized spacial score (nSPS) is 12.2. The zero-order chi connectivity index (χ0) is 31.1. The maximum absolute atomic E-state index is 12.8. The molecule has 5 rings (SSSR count). The van der Waals surface area contributed by atoms with Crippen molar-refractivity contribution < 1.29 is 19.1 Å². The number of methoxy groups -OCH3 is 1. The number of ether oxygens (including phenoxy) is 2. The van der Waals surface area contributed by atoms with Crippen LogP contribution in [0.3, 0.4) is 0 Å². The first-order chi connectivity index (χ1) is 21.4. The predicted molar refractivity (Wildman–Crippen MR) is 165 cm³/mol. The van der Waals surface area contributed by atoms with E-state index in [1.807, 2.05) is 22.8 Å². The Hall–Kier alpha value is -5.76. The van der Waals surface area contributed by atoms with Gasteiger partial charge in [0.25, 0.3) is 5.91 Å². The maximum Gasteiger partial charge on any atom is 0.281 e. The van der Waals surface area contributed by atoms with Crippen LogP contribution in [0.4, 0.5) is 11.5 Å². The number of fused-ring (bicyclic) bond motifs is 3. The zero-order valence-electron chi connectivity index (χ0n) is 24.0. The summed E-state index contributed by atoms with van der Waals surface area (Å²) in [5.41, 5.74) is 11.6. The number of aromatic nitrogens is 3. The molecule has 6 N–H and O–H groups in total. The molecule has 44 heavy (non-hydrogen) atoms. The maximum atomic E-state index is 12.8. The van der Waals surface area contributed by atoms with Crippen molar-refractivity contribution >= 4 is 40.2 Å². The van der Waals surface area contributed by atoms with E-state index in [1.54, 1.807) is 36.5 Å². The van der Waals surface area contributed by atoms with E-state index in [-0.39, 0.29) is 30.6 Å². The van der Waals surface area contributed by atoms with Gasteiger partial charge in [0.1, 0.15) is 17.9 Å². The summed E-state index contributed by atoms with van der Waals surface area (Å²) in [6, 6.07) is 14.2. The SMILES string of the molecule is C=CC(=O)Nc1ccc(CNN(CCOc2ccc3c4n(c(=NC(=O)c5cccnc5)nc3c2OC)CCN4)C(=N)N)cc1. The molecule has 2 aromatic carbocycles. The van der Waals surface area contributed by atoms with Crippen molar-refractivity contribution in [2.45, 2.75) is 13.1 Å². The van der Waals surface area contributed by atoms with Crippen molar-refractivity contribution in [1.29, 1.82) is 5.41 Å². The highest BCUT2D eigenvalue weighted by Gasteiger charge is 2.21. The molecule has 2 aromatic heterocycles. The van der Waals surface area contributed by atoms with Crippen LogP contribution >= 0.6 is 0 Å². The number of benzene rings is 2. The standard InChI is InChI=1S/C30H32N10O4/c1-3-24(41)36-21-8-6-19(7-9-21)17-35-40(29(31)32)15-16-44-23-11-10-22-25(26(23)43-2)37-30(39-14-13-34-27(22)39)38-28(42)20-5-4-12-33-18-20/h3-12,18,34-35H,1,13-17H2,2H3,(H3,31,32)(H,36,41). The number of carbonyl (C=O) groups is 2. The Morgan fingerprint density at radius 3 is 2.77 bits per heavy atom. The van der Waals surface area contributed by atoms with E-state index >= 15 is 0 Å². The Morgan fingerprint density at radius 2 is 2.07 bits per heavy atom. The van der Waals surface area contributed by atoms with Gasteiger partial charge in [0.15, 0.2) is 11.5 Å². The van der Waals surface area contributed by atoms with E-state index in [1.165, 1.54) is 24.4 Å². The molecule has 0 saturated heterocycles. The average Bonchev–Trinajstić information content (AvgIpc) is 3.54. The molecule has 0 unspecified atom stereocenters. The Bertz CT molecular complexity index is 1770. The van der Waals surface area contributed by atoms with Crippen molar-refractivity contribution in [1.82, 2.24) is 25.0 Å². The Balaban J connectivity index is 1.31. The van der Waals surface area contributed by atoms with Gasteiger partial charge in [-0.25, -0.2) is 10.4 Å². The summed E-state index contributed by atoms with van der Waals surface area (Å²) < 4.78 is 13.6. The van der Waals surface area contributed by atoms with Crippen LogP contribution in [0.15, 0.2) is 78.6 Å². The molecule has 2 amide bonds. The van der Waals surface area contributed by atoms with E-state index in [0.717, 1.165) is 16.8 Å². The van der Waals surface area contributed by atoms with Crippen molar-refractivity contribution in [3.8, 4) is 11.5 Å². The lowest BCUT2D eigenvalue weighted by Gasteiger charge is -2.24. The van der Waals surface area contributed by atoms with Gasteiger partial charge in [0, 0.05) is 43.1 Å². The Kier molecular flexibility index (Phi) is 9.10. The van der Waals surface area contributed by atoms with Gasteiger partial charge in [0.05, 0.1) is 19.2 Å². The third-order valence-electron chi connectivity index (χ3n) is 6.76. The predicted octanol–water partition coefficient (Wildman–Crippen LogP) is 2.01. The van der Waals surface area contributed by atoms with Gasteiger partial charge in [-0.15, -0.1) is 0 Å². The van der Waals surface area contributed by atoms with Crippen LogP contribution in [0.5, 0.6) is 11.5 Å². The molecule has 0 radical (unpaired) electrons. The second kappa shape index (κ2) is 13.5. The minimum absolute atomic E-state index is 0.162. The second-order valence-electron chi connectivity index (χ2n) is 9.60. The number of anilines is 2. The summed E-state index contributed by atoms with van der Waals surface area (Å²) in [5.74, 6) is 0.671. The van der Waals surface area contributed by atoms with Crippen LogP contribution in [0.25, 0.3) is 10.9 Å². The number of hydrogen-bond acceptors (Lipinski definition) is 9. The molecule has 0 saturated carbocycles. The molecular weight excluding hydrogens is 564 g/mol. The third-order valence-corrected chi connectivity index (χ3v) is 6.76. The lowest BCUT2D eigenvalue weighted by Crippen LogP contribution is -2.48. The molecule has 1 aliphatic heterocycles. The summed E-state index contributed by atoms with van der Waals surface area (Å²) in [6.45, 7) is 5.50. The van der Waals surface area contributed by atoms with Gasteiger partial charge >= 0.3 is 0 Å². The molecule has 14 heteroatoms. The number of amides is 2. The van der Waals surface area contributed by atoms with Gasteiger partial charge in [0.2, 0.25) is 17.5 Å². The minimum atomic E-state index is -0.454. The second-order valence-corrected chi connectivity index (χ2v) is 9.60. The van der Waals surface area contributed by atoms with Crippen LogP contribution in [0.1, 0.15) is 15.9 Å². The topological polar surface area (TPSA) is 185 Å². The van der Waals surface area contributed by atoms with Crippen molar-refractivity contribution in [3.05, 3.63) is 90.3 Å². The summed E-state index contributed by atoms with van der Waals surface area (Å²) >= 11 is 0. The lowest BCUT2D eigenvalue weighted by molar-refractivity contribution is -0.111. The number of pyridine rings is 1. The number of guanidine groups is 1. The third kappa shape index (κ3) is 6.65. The van der Waals surface area contributed by atoms with Crippen molar-refractivity contribution in [2.75, 3.05) is 37.4 Å². The van der Waals surface area contributed by atoms with Gasteiger partial charge in [-0.3, -0.25) is 29.6 Å². The van der Waals surface area contributed by atoms with Crippen LogP contribution in [0.2, 0.25) is 0 Å². The highest BCUT2D eigenvalue weighted by atomic mass is 16.5. The van der Waals surface area contributed by atoms with Crippen LogP contribution < -0.4 is 36.9 Å². The first kappa shape index (κ1) is 29.7. The Labute approximate surface area is 252 Å². The number of hydrazine groups is 1. The molecular formula is C30H32N10O4. The largest absolute Gasteiger partial charge is 0.491 e. The number of nitrogens with two attached hydrogens (primary N) is 1. The molecule has 3 heterocycles. The quantitative estimate of drug-likeness (QED) is 0.0742. The fourth-order valence-electron chi connectivity index (χ4n) is 4.61. The fraction of sp³-hybridized carbons (Fsp3) is 0.200. The number of rotatable bonds is 11. The molecule has 0 atom stereocenters. The molecule has 14 nitrogen and oxygen atoms in total. The number of carbonyl (C=O) groups excluding carboxylic acids is 2. The highest BCUT2D eigenvalue weighted by molar-refractivity contribution is 5.99. The van der Waals surface area contributed by atoms with Crippen LogP contribution in [0, 0.1) is 5.41 Å². The monoisotopic (exact) mass is 596 g/mol. The summed E-state index contributed by atoms with van der Waals surface area (Å²) in [6.07, 6.45) is 4.26. The van der Waals surface area contributed by atoms with E-state index in [9.17, 15) is 9.59 Å². The first-order valence-electron chi connectivity index (χ1n) is 13.7. The van der Waals surface area contributed by atoms with Gasteiger partial charge in [-0.05, 0) is 48.0 Å². The van der Waals surface area contributed by atoms with Crippen molar-refractivity contribution in [2.24, 2.45) is 10.7 Å². The van der Waals surface area contributed by atoms with Gasteiger partial charge in [-0.2, -0.15) is 4.99 Å². The van der Waals surface area contributed by atoms with E-state index in [0.29, 0.717) is 47.9 Å². The molecule has 1 aliphatic rings. The summed E-state index contributed by atoms with van der Waals surface area (Å²) in [7, 11) is 1.52. The average molecular weight is 597 g/mol. The minimum Gasteiger partial charge on any atom is -0.491 e. The smallest absolute Gasteiger partial charge is 0.281 e. The zero-order valence-corrected chi connectivity index (χ0v) is 24.0. The van der Waals surface area contributed by atoms with E-state index in [2.05, 4.69) is 32.6 Å². The number of hydrogen-bond donors (Lipinski definition) is 5. The first-order valence-corrected chi connectivity index (χ1v) is 13.7. The van der Waals surface area contributed by atoms with Gasteiger partial charge in [-0.1, -0.05) is 18.7 Å². The van der Waals surface area contributed by atoms with Gasteiger partial charge < -0.3 is 25.8 Å². The molecule has 0 bridgehead atoms. The van der Waals surface area contributed by atoms with E-state index < -0.39 is 5.91 Å². The number of nitrogens with one attached hydrogen (secondary N) is 4.